The van der Waals surface area contributed by atoms with Gasteiger partial charge in [0, 0.05) is 17.7 Å². The first-order valence-electron chi connectivity index (χ1n) is 4.41. The van der Waals surface area contributed by atoms with Gasteiger partial charge in [-0.3, -0.25) is 0 Å². The molecule has 16 heavy (non-hydrogen) atoms. The highest BCUT2D eigenvalue weighted by molar-refractivity contribution is 5.85. The molecular formula is C11H11FO4. The molecule has 1 rings (SSSR count). The standard InChI is InChI=1S/C11H11FO4/c1-15-9-5-7(3-4-11(13)14)8(12)6-10(9)16-2/h3-6H,1-2H3,(H,13,14)/b4-3+. The molecule has 86 valence electrons. The van der Waals surface area contributed by atoms with Gasteiger partial charge >= 0.3 is 5.97 Å². The van der Waals surface area contributed by atoms with Gasteiger partial charge in [0.1, 0.15) is 5.82 Å². The van der Waals surface area contributed by atoms with E-state index < -0.39 is 11.8 Å². The van der Waals surface area contributed by atoms with Crippen LogP contribution in [0.3, 0.4) is 0 Å². The Morgan fingerprint density at radius 3 is 2.38 bits per heavy atom. The van der Waals surface area contributed by atoms with E-state index in [1.54, 1.807) is 0 Å². The Kier molecular flexibility index (Phi) is 3.88. The molecule has 0 aliphatic rings. The number of carboxylic acid groups (broad SMARTS) is 1. The van der Waals surface area contributed by atoms with Crippen molar-refractivity contribution in [2.24, 2.45) is 0 Å². The minimum absolute atomic E-state index is 0.125. The molecule has 0 aliphatic carbocycles. The average molecular weight is 226 g/mol. The van der Waals surface area contributed by atoms with Crippen molar-refractivity contribution in [1.29, 1.82) is 0 Å². The lowest BCUT2D eigenvalue weighted by Gasteiger charge is -2.08. The number of carboxylic acids is 1. The first-order chi connectivity index (χ1) is 7.58. The Bertz CT molecular complexity index is 426. The molecule has 0 atom stereocenters. The molecule has 0 saturated carbocycles. The predicted molar refractivity (Wildman–Crippen MR) is 56.2 cm³/mol. The van der Waals surface area contributed by atoms with Crippen molar-refractivity contribution in [2.45, 2.75) is 0 Å². The maximum atomic E-state index is 13.4. The van der Waals surface area contributed by atoms with Crippen LogP contribution >= 0.6 is 0 Å². The van der Waals surface area contributed by atoms with Crippen molar-refractivity contribution in [1.82, 2.24) is 0 Å². The third-order valence-electron chi connectivity index (χ3n) is 1.91. The first-order valence-corrected chi connectivity index (χ1v) is 4.41. The number of methoxy groups -OCH3 is 2. The molecule has 0 unspecified atom stereocenters. The van der Waals surface area contributed by atoms with Crippen LogP contribution in [0.2, 0.25) is 0 Å². The smallest absolute Gasteiger partial charge is 0.328 e. The van der Waals surface area contributed by atoms with E-state index in [9.17, 15) is 9.18 Å². The second kappa shape index (κ2) is 5.16. The quantitative estimate of drug-likeness (QED) is 0.797. The molecule has 1 aromatic carbocycles. The number of hydrogen-bond acceptors (Lipinski definition) is 3. The van der Waals surface area contributed by atoms with Gasteiger partial charge in [-0.2, -0.15) is 0 Å². The number of rotatable bonds is 4. The normalized spacial score (nSPS) is 10.4. The SMILES string of the molecule is COc1cc(F)c(/C=C/C(=O)O)cc1OC. The van der Waals surface area contributed by atoms with Crippen LogP contribution in [0, 0.1) is 5.82 Å². The van der Waals surface area contributed by atoms with E-state index in [0.717, 1.165) is 18.2 Å². The van der Waals surface area contributed by atoms with Crippen LogP contribution in [0.25, 0.3) is 6.08 Å². The summed E-state index contributed by atoms with van der Waals surface area (Å²) in [5, 5.41) is 8.43. The molecule has 0 bridgehead atoms. The lowest BCUT2D eigenvalue weighted by atomic mass is 10.1. The second-order valence-electron chi connectivity index (χ2n) is 2.90. The summed E-state index contributed by atoms with van der Waals surface area (Å²) in [6.45, 7) is 0. The van der Waals surface area contributed by atoms with Gasteiger partial charge in [0.25, 0.3) is 0 Å². The lowest BCUT2D eigenvalue weighted by Crippen LogP contribution is -1.94. The van der Waals surface area contributed by atoms with Crippen LogP contribution in [-0.2, 0) is 4.79 Å². The minimum atomic E-state index is -1.14. The molecule has 0 aromatic heterocycles. The van der Waals surface area contributed by atoms with Crippen LogP contribution in [0.4, 0.5) is 4.39 Å². The number of ether oxygens (including phenoxy) is 2. The molecule has 1 aromatic rings. The summed E-state index contributed by atoms with van der Waals surface area (Å²) in [5.74, 6) is -1.12. The largest absolute Gasteiger partial charge is 0.493 e. The number of aliphatic carboxylic acids is 1. The molecule has 0 heterocycles. The zero-order valence-electron chi connectivity index (χ0n) is 8.86. The molecule has 4 nitrogen and oxygen atoms in total. The van der Waals surface area contributed by atoms with E-state index in [4.69, 9.17) is 14.6 Å². The summed E-state index contributed by atoms with van der Waals surface area (Å²) < 4.78 is 23.3. The third-order valence-corrected chi connectivity index (χ3v) is 1.91. The Labute approximate surface area is 91.9 Å². The number of carbonyl (C=O) groups is 1. The van der Waals surface area contributed by atoms with Crippen LogP contribution in [-0.4, -0.2) is 25.3 Å². The van der Waals surface area contributed by atoms with Crippen LogP contribution in [0.15, 0.2) is 18.2 Å². The topological polar surface area (TPSA) is 55.8 Å². The van der Waals surface area contributed by atoms with Crippen LogP contribution in [0.5, 0.6) is 11.5 Å². The zero-order valence-corrected chi connectivity index (χ0v) is 8.86. The van der Waals surface area contributed by atoms with E-state index in [2.05, 4.69) is 0 Å². The zero-order chi connectivity index (χ0) is 12.1. The molecule has 0 amide bonds. The van der Waals surface area contributed by atoms with E-state index in [1.807, 2.05) is 0 Å². The summed E-state index contributed by atoms with van der Waals surface area (Å²) >= 11 is 0. The summed E-state index contributed by atoms with van der Waals surface area (Å²) in [4.78, 5) is 10.3. The van der Waals surface area contributed by atoms with Gasteiger partial charge in [-0.1, -0.05) is 0 Å². The predicted octanol–water partition coefficient (Wildman–Crippen LogP) is 1.94. The molecule has 0 fully saturated rings. The molecule has 0 saturated heterocycles. The summed E-state index contributed by atoms with van der Waals surface area (Å²) in [6.07, 6.45) is 2.00. The van der Waals surface area contributed by atoms with Crippen molar-refractivity contribution in [3.8, 4) is 11.5 Å². The van der Waals surface area contributed by atoms with Gasteiger partial charge in [0.05, 0.1) is 14.2 Å². The second-order valence-corrected chi connectivity index (χ2v) is 2.90. The Morgan fingerprint density at radius 1 is 1.31 bits per heavy atom. The fraction of sp³-hybridized carbons (Fsp3) is 0.182. The number of halogens is 1. The molecule has 0 aliphatic heterocycles. The van der Waals surface area contributed by atoms with E-state index in [0.29, 0.717) is 5.75 Å². The highest BCUT2D eigenvalue weighted by atomic mass is 19.1. The van der Waals surface area contributed by atoms with E-state index >= 15 is 0 Å². The summed E-state index contributed by atoms with van der Waals surface area (Å²) in [5.41, 5.74) is 0.125. The highest BCUT2D eigenvalue weighted by Crippen LogP contribution is 2.30. The van der Waals surface area contributed by atoms with Gasteiger partial charge in [0.2, 0.25) is 0 Å². The van der Waals surface area contributed by atoms with E-state index in [1.165, 1.54) is 20.3 Å². The van der Waals surface area contributed by atoms with Gasteiger partial charge < -0.3 is 14.6 Å². The molecule has 0 radical (unpaired) electrons. The highest BCUT2D eigenvalue weighted by Gasteiger charge is 2.09. The van der Waals surface area contributed by atoms with Gasteiger partial charge in [-0.05, 0) is 12.1 Å². The van der Waals surface area contributed by atoms with Crippen molar-refractivity contribution in [2.75, 3.05) is 14.2 Å². The fourth-order valence-electron chi connectivity index (χ4n) is 1.16. The van der Waals surface area contributed by atoms with Crippen molar-refractivity contribution < 1.29 is 23.8 Å². The van der Waals surface area contributed by atoms with Crippen molar-refractivity contribution >= 4 is 12.0 Å². The molecule has 0 spiro atoms. The number of benzene rings is 1. The molecule has 1 N–H and O–H groups in total. The number of hydrogen-bond donors (Lipinski definition) is 1. The fourth-order valence-corrected chi connectivity index (χ4v) is 1.16. The van der Waals surface area contributed by atoms with Crippen LogP contribution < -0.4 is 9.47 Å². The van der Waals surface area contributed by atoms with Gasteiger partial charge in [0.15, 0.2) is 11.5 Å². The van der Waals surface area contributed by atoms with Crippen LogP contribution in [0.1, 0.15) is 5.56 Å². The summed E-state index contributed by atoms with van der Waals surface area (Å²) in [7, 11) is 2.81. The molecular weight excluding hydrogens is 215 g/mol. The lowest BCUT2D eigenvalue weighted by molar-refractivity contribution is -0.131. The first kappa shape index (κ1) is 12.0. The van der Waals surface area contributed by atoms with Crippen molar-refractivity contribution in [3.05, 3.63) is 29.6 Å². The van der Waals surface area contributed by atoms with Gasteiger partial charge in [-0.15, -0.1) is 0 Å². The minimum Gasteiger partial charge on any atom is -0.493 e. The Morgan fingerprint density at radius 2 is 1.88 bits per heavy atom. The van der Waals surface area contributed by atoms with E-state index in [-0.39, 0.29) is 11.3 Å². The van der Waals surface area contributed by atoms with Crippen molar-refractivity contribution in [3.63, 3.8) is 0 Å². The summed E-state index contributed by atoms with van der Waals surface area (Å²) in [6, 6.07) is 2.51. The maximum absolute atomic E-state index is 13.4. The average Bonchev–Trinajstić information content (AvgIpc) is 2.26. The van der Waals surface area contributed by atoms with Gasteiger partial charge in [-0.25, -0.2) is 9.18 Å². The monoisotopic (exact) mass is 226 g/mol. The third kappa shape index (κ3) is 2.73. The Balaban J connectivity index is 3.16. The maximum Gasteiger partial charge on any atom is 0.328 e. The molecule has 5 heteroatoms. The Hall–Kier alpha value is -2.04.